The molecule has 0 aliphatic heterocycles. The van der Waals surface area contributed by atoms with Crippen molar-refractivity contribution in [2.24, 2.45) is 0 Å². The molecule has 0 atom stereocenters. The average molecular weight is 162 g/mol. The predicted octanol–water partition coefficient (Wildman–Crippen LogP) is 2.35. The van der Waals surface area contributed by atoms with Gasteiger partial charge in [-0.15, -0.1) is 0 Å². The summed E-state index contributed by atoms with van der Waals surface area (Å²) in [5.74, 6) is 0.497. The van der Waals surface area contributed by atoms with Gasteiger partial charge in [-0.25, -0.2) is 4.98 Å². The number of hydrogen-bond acceptors (Lipinski definition) is 3. The van der Waals surface area contributed by atoms with Gasteiger partial charge in [0.05, 0.1) is 11.6 Å². The largest absolute Gasteiger partial charge is 0.336 e. The van der Waals surface area contributed by atoms with E-state index >= 15 is 0 Å². The molecular formula is C9H10N2O. The molecule has 0 saturated heterocycles. The van der Waals surface area contributed by atoms with Gasteiger partial charge in [0.25, 0.3) is 5.71 Å². The third kappa shape index (κ3) is 1.07. The van der Waals surface area contributed by atoms with Crippen molar-refractivity contribution in [1.29, 1.82) is 0 Å². The van der Waals surface area contributed by atoms with E-state index in [9.17, 15) is 0 Å². The predicted molar refractivity (Wildman–Crippen MR) is 45.9 cm³/mol. The fourth-order valence-corrected chi connectivity index (χ4v) is 1.10. The molecule has 0 saturated carbocycles. The Morgan fingerprint density at radius 2 is 2.17 bits per heavy atom. The molecule has 2 aromatic heterocycles. The monoisotopic (exact) mass is 162 g/mol. The van der Waals surface area contributed by atoms with Crippen LogP contribution in [0.2, 0.25) is 0 Å². The maximum Gasteiger partial charge on any atom is 0.257 e. The minimum atomic E-state index is 0.497. The van der Waals surface area contributed by atoms with E-state index in [1.165, 1.54) is 5.56 Å². The third-order valence-corrected chi connectivity index (χ3v) is 1.90. The maximum absolute atomic E-state index is 4.89. The molecule has 0 aliphatic rings. The van der Waals surface area contributed by atoms with Crippen LogP contribution in [0.1, 0.15) is 25.3 Å². The van der Waals surface area contributed by atoms with Gasteiger partial charge in [-0.3, -0.25) is 0 Å². The first-order valence-corrected chi connectivity index (χ1v) is 3.97. The standard InChI is InChI=1S/C9H10N2O/c1-6(2)7-3-8-5-11-12-9(8)10-4-7/h3-6H,1-2H3. The summed E-state index contributed by atoms with van der Waals surface area (Å²) in [5, 5.41) is 4.64. The first kappa shape index (κ1) is 7.28. The van der Waals surface area contributed by atoms with Crippen molar-refractivity contribution in [3.05, 3.63) is 24.0 Å². The molecule has 0 bridgehead atoms. The highest BCUT2D eigenvalue weighted by molar-refractivity contribution is 5.72. The maximum atomic E-state index is 4.89. The molecule has 62 valence electrons. The lowest BCUT2D eigenvalue weighted by molar-refractivity contribution is 0.448. The zero-order valence-electron chi connectivity index (χ0n) is 7.11. The molecule has 0 aliphatic carbocycles. The van der Waals surface area contributed by atoms with E-state index in [1.54, 1.807) is 6.20 Å². The second-order valence-corrected chi connectivity index (χ2v) is 3.14. The Bertz CT molecular complexity index is 392. The van der Waals surface area contributed by atoms with Gasteiger partial charge >= 0.3 is 0 Å². The second-order valence-electron chi connectivity index (χ2n) is 3.14. The summed E-state index contributed by atoms with van der Waals surface area (Å²) in [6, 6.07) is 2.06. The molecule has 0 radical (unpaired) electrons. The molecule has 2 rings (SSSR count). The zero-order chi connectivity index (χ0) is 8.55. The topological polar surface area (TPSA) is 38.9 Å². The molecule has 0 unspecified atom stereocenters. The smallest absolute Gasteiger partial charge is 0.257 e. The van der Waals surface area contributed by atoms with Crippen LogP contribution >= 0.6 is 0 Å². The van der Waals surface area contributed by atoms with E-state index in [4.69, 9.17) is 4.52 Å². The minimum absolute atomic E-state index is 0.497. The summed E-state index contributed by atoms with van der Waals surface area (Å²) >= 11 is 0. The molecule has 0 fully saturated rings. The van der Waals surface area contributed by atoms with Gasteiger partial charge in [0, 0.05) is 6.20 Å². The first-order valence-electron chi connectivity index (χ1n) is 3.97. The van der Waals surface area contributed by atoms with Crippen LogP contribution < -0.4 is 0 Å². The Morgan fingerprint density at radius 1 is 1.33 bits per heavy atom. The molecule has 0 aromatic carbocycles. The van der Waals surface area contributed by atoms with Crippen molar-refractivity contribution >= 4 is 11.1 Å². The van der Waals surface area contributed by atoms with Crippen LogP contribution in [0.15, 0.2) is 23.0 Å². The van der Waals surface area contributed by atoms with Crippen LogP contribution in [-0.2, 0) is 0 Å². The quantitative estimate of drug-likeness (QED) is 0.646. The van der Waals surface area contributed by atoms with Crippen molar-refractivity contribution in [3.63, 3.8) is 0 Å². The van der Waals surface area contributed by atoms with Gasteiger partial charge in [0.15, 0.2) is 0 Å². The van der Waals surface area contributed by atoms with E-state index in [0.717, 1.165) is 5.39 Å². The lowest BCUT2D eigenvalue weighted by Crippen LogP contribution is -1.87. The number of aromatic nitrogens is 2. The average Bonchev–Trinajstić information content (AvgIpc) is 2.49. The SMILES string of the molecule is CC(C)c1cnc2oncc2c1. The molecule has 0 N–H and O–H groups in total. The van der Waals surface area contributed by atoms with Gasteiger partial charge < -0.3 is 4.52 Å². The van der Waals surface area contributed by atoms with E-state index in [1.807, 2.05) is 6.20 Å². The highest BCUT2D eigenvalue weighted by atomic mass is 16.5. The molecule has 0 amide bonds. The minimum Gasteiger partial charge on any atom is -0.336 e. The number of hydrogen-bond donors (Lipinski definition) is 0. The summed E-state index contributed by atoms with van der Waals surface area (Å²) in [7, 11) is 0. The lowest BCUT2D eigenvalue weighted by Gasteiger charge is -2.01. The molecule has 3 nitrogen and oxygen atoms in total. The summed E-state index contributed by atoms with van der Waals surface area (Å²) in [6.07, 6.45) is 3.52. The van der Waals surface area contributed by atoms with E-state index in [2.05, 4.69) is 30.1 Å². The number of nitrogens with zero attached hydrogens (tertiary/aromatic N) is 2. The van der Waals surface area contributed by atoms with Crippen LogP contribution in [0.4, 0.5) is 0 Å². The fraction of sp³-hybridized carbons (Fsp3) is 0.333. The Hall–Kier alpha value is -1.38. The van der Waals surface area contributed by atoms with Crippen LogP contribution in [0.5, 0.6) is 0 Å². The van der Waals surface area contributed by atoms with Gasteiger partial charge in [-0.1, -0.05) is 19.0 Å². The van der Waals surface area contributed by atoms with Crippen molar-refractivity contribution in [1.82, 2.24) is 10.1 Å². The van der Waals surface area contributed by atoms with Crippen molar-refractivity contribution in [3.8, 4) is 0 Å². The van der Waals surface area contributed by atoms with Gasteiger partial charge in [0.1, 0.15) is 0 Å². The van der Waals surface area contributed by atoms with E-state index in [-0.39, 0.29) is 0 Å². The fourth-order valence-electron chi connectivity index (χ4n) is 1.10. The third-order valence-electron chi connectivity index (χ3n) is 1.90. The summed E-state index contributed by atoms with van der Waals surface area (Å²) in [4.78, 5) is 4.13. The first-order chi connectivity index (χ1) is 5.77. The molecule has 12 heavy (non-hydrogen) atoms. The summed E-state index contributed by atoms with van der Waals surface area (Å²) < 4.78 is 4.89. The van der Waals surface area contributed by atoms with Crippen molar-refractivity contribution < 1.29 is 4.52 Å². The van der Waals surface area contributed by atoms with Gasteiger partial charge in [-0.05, 0) is 17.5 Å². The second kappa shape index (κ2) is 2.59. The molecule has 2 heterocycles. The van der Waals surface area contributed by atoms with Gasteiger partial charge in [-0.2, -0.15) is 0 Å². The van der Waals surface area contributed by atoms with Crippen molar-refractivity contribution in [2.75, 3.05) is 0 Å². The lowest BCUT2D eigenvalue weighted by atomic mass is 10.1. The number of pyridine rings is 1. The zero-order valence-corrected chi connectivity index (χ0v) is 7.11. The van der Waals surface area contributed by atoms with Gasteiger partial charge in [0.2, 0.25) is 0 Å². The van der Waals surface area contributed by atoms with Crippen LogP contribution in [0.25, 0.3) is 11.1 Å². The molecule has 0 spiro atoms. The van der Waals surface area contributed by atoms with Crippen molar-refractivity contribution in [2.45, 2.75) is 19.8 Å². The Labute approximate surface area is 70.4 Å². The highest BCUT2D eigenvalue weighted by Gasteiger charge is 2.03. The summed E-state index contributed by atoms with van der Waals surface area (Å²) in [6.45, 7) is 4.27. The van der Waals surface area contributed by atoms with Crippen LogP contribution in [0.3, 0.4) is 0 Å². The Kier molecular flexibility index (Phi) is 1.57. The summed E-state index contributed by atoms with van der Waals surface area (Å²) in [5.41, 5.74) is 1.82. The normalized spacial score (nSPS) is 11.2. The Morgan fingerprint density at radius 3 is 2.92 bits per heavy atom. The number of rotatable bonds is 1. The Balaban J connectivity index is 2.60. The molecular weight excluding hydrogens is 152 g/mol. The number of fused-ring (bicyclic) bond motifs is 1. The van der Waals surface area contributed by atoms with E-state index in [0.29, 0.717) is 11.6 Å². The highest BCUT2D eigenvalue weighted by Crippen LogP contribution is 2.18. The van der Waals surface area contributed by atoms with Crippen LogP contribution in [0, 0.1) is 0 Å². The van der Waals surface area contributed by atoms with E-state index < -0.39 is 0 Å². The molecule has 2 aromatic rings. The molecule has 3 heteroatoms. The van der Waals surface area contributed by atoms with Crippen LogP contribution in [-0.4, -0.2) is 10.1 Å².